The van der Waals surface area contributed by atoms with Crippen LogP contribution in [0.3, 0.4) is 0 Å². The van der Waals surface area contributed by atoms with Crippen molar-refractivity contribution < 1.29 is 9.53 Å². The van der Waals surface area contributed by atoms with Crippen molar-refractivity contribution in [3.8, 4) is 0 Å². The van der Waals surface area contributed by atoms with Gasteiger partial charge in [-0.1, -0.05) is 6.42 Å². The number of carbonyl (C=O) groups is 1. The molecule has 7 nitrogen and oxygen atoms in total. The summed E-state index contributed by atoms with van der Waals surface area (Å²) >= 11 is 0. The molecule has 2 saturated heterocycles. The van der Waals surface area contributed by atoms with Crippen LogP contribution in [0.5, 0.6) is 0 Å². The number of nitrogens with zero attached hydrogens (tertiary/aromatic N) is 2. The summed E-state index contributed by atoms with van der Waals surface area (Å²) < 4.78 is 4.91. The van der Waals surface area contributed by atoms with E-state index in [1.807, 2.05) is 0 Å². The van der Waals surface area contributed by atoms with E-state index in [4.69, 9.17) is 4.74 Å². The highest BCUT2D eigenvalue weighted by Crippen LogP contribution is 2.32. The number of rotatable bonds is 6. The van der Waals surface area contributed by atoms with Crippen LogP contribution in [-0.4, -0.2) is 75.8 Å². The Bertz CT molecular complexity index is 407. The van der Waals surface area contributed by atoms with E-state index >= 15 is 0 Å². The average molecular weight is 453 g/mol. The molecule has 2 fully saturated rings. The summed E-state index contributed by atoms with van der Waals surface area (Å²) in [6.45, 7) is 1.28. The fourth-order valence-electron chi connectivity index (χ4n) is 3.64. The fourth-order valence-corrected chi connectivity index (χ4v) is 3.64. The van der Waals surface area contributed by atoms with Crippen LogP contribution in [0.25, 0.3) is 0 Å². The Morgan fingerprint density at radius 2 is 1.92 bits per heavy atom. The van der Waals surface area contributed by atoms with E-state index < -0.39 is 0 Å². The molecule has 3 N–H and O–H groups in total. The third-order valence-corrected chi connectivity index (χ3v) is 4.95. The molecule has 1 amide bonds. The molecule has 0 radical (unpaired) electrons. The van der Waals surface area contributed by atoms with Gasteiger partial charge in [0.15, 0.2) is 5.96 Å². The number of hydrogen-bond acceptors (Lipinski definition) is 4. The molecule has 2 heterocycles. The zero-order chi connectivity index (χ0) is 16.7. The SMILES string of the molecule is CN=C(NCC(=O)NCCOC)NC1CC2CCCC(C1)N2C.I. The van der Waals surface area contributed by atoms with Gasteiger partial charge in [0.05, 0.1) is 13.2 Å². The molecule has 0 aromatic carbocycles. The molecular formula is C16H32IN5O2. The zero-order valence-electron chi connectivity index (χ0n) is 15.0. The number of methoxy groups -OCH3 is 1. The number of guanidine groups is 1. The summed E-state index contributed by atoms with van der Waals surface area (Å²) in [5.41, 5.74) is 0. The molecule has 24 heavy (non-hydrogen) atoms. The maximum Gasteiger partial charge on any atom is 0.239 e. The predicted octanol–water partition coefficient (Wildman–Crippen LogP) is 0.547. The van der Waals surface area contributed by atoms with Gasteiger partial charge in [-0.2, -0.15) is 0 Å². The van der Waals surface area contributed by atoms with Crippen molar-refractivity contribution in [2.45, 2.75) is 50.2 Å². The first-order valence-corrected chi connectivity index (χ1v) is 8.58. The van der Waals surface area contributed by atoms with Crippen molar-refractivity contribution in [1.82, 2.24) is 20.9 Å². The molecule has 0 saturated carbocycles. The Labute approximate surface area is 162 Å². The van der Waals surface area contributed by atoms with Crippen molar-refractivity contribution in [1.29, 1.82) is 0 Å². The molecule has 140 valence electrons. The third kappa shape index (κ3) is 6.36. The normalized spacial score (nSPS) is 27.1. The van der Waals surface area contributed by atoms with Crippen molar-refractivity contribution in [2.24, 2.45) is 4.99 Å². The molecular weight excluding hydrogens is 421 g/mol. The minimum absolute atomic E-state index is 0. The van der Waals surface area contributed by atoms with E-state index in [9.17, 15) is 4.79 Å². The molecule has 8 heteroatoms. The molecule has 0 aliphatic carbocycles. The smallest absolute Gasteiger partial charge is 0.239 e. The van der Waals surface area contributed by atoms with Gasteiger partial charge in [0.25, 0.3) is 0 Å². The van der Waals surface area contributed by atoms with Crippen LogP contribution in [0.1, 0.15) is 32.1 Å². The Kier molecular flexibility index (Phi) is 9.91. The number of carbonyl (C=O) groups excluding carboxylic acids is 1. The van der Waals surface area contributed by atoms with Crippen molar-refractivity contribution in [2.75, 3.05) is 40.9 Å². The molecule has 2 rings (SSSR count). The van der Waals surface area contributed by atoms with Crippen LogP contribution < -0.4 is 16.0 Å². The fraction of sp³-hybridized carbons (Fsp3) is 0.875. The van der Waals surface area contributed by atoms with E-state index in [2.05, 4.69) is 32.9 Å². The Morgan fingerprint density at radius 1 is 1.25 bits per heavy atom. The lowest BCUT2D eigenvalue weighted by Gasteiger charge is -2.47. The van der Waals surface area contributed by atoms with Gasteiger partial charge in [0.2, 0.25) is 5.91 Å². The molecule has 2 bridgehead atoms. The second kappa shape index (κ2) is 11.1. The van der Waals surface area contributed by atoms with Crippen LogP contribution in [0.15, 0.2) is 4.99 Å². The van der Waals surface area contributed by atoms with Gasteiger partial charge in [-0.15, -0.1) is 24.0 Å². The van der Waals surface area contributed by atoms with E-state index in [1.54, 1.807) is 14.2 Å². The van der Waals surface area contributed by atoms with Gasteiger partial charge in [-0.05, 0) is 32.7 Å². The highest BCUT2D eigenvalue weighted by Gasteiger charge is 2.36. The maximum atomic E-state index is 11.7. The first-order valence-electron chi connectivity index (χ1n) is 8.58. The van der Waals surface area contributed by atoms with Crippen molar-refractivity contribution in [3.63, 3.8) is 0 Å². The lowest BCUT2D eigenvalue weighted by Crippen LogP contribution is -2.57. The predicted molar refractivity (Wildman–Crippen MR) is 107 cm³/mol. The zero-order valence-corrected chi connectivity index (χ0v) is 17.3. The summed E-state index contributed by atoms with van der Waals surface area (Å²) in [6, 6.07) is 1.79. The summed E-state index contributed by atoms with van der Waals surface area (Å²) in [6.07, 6.45) is 6.22. The first kappa shape index (κ1) is 21.4. The van der Waals surface area contributed by atoms with Crippen molar-refractivity contribution >= 4 is 35.8 Å². The quantitative estimate of drug-likeness (QED) is 0.237. The summed E-state index contributed by atoms with van der Waals surface area (Å²) in [5, 5.41) is 9.37. The molecule has 2 unspecified atom stereocenters. The van der Waals surface area contributed by atoms with Crippen LogP contribution in [0, 0.1) is 0 Å². The minimum Gasteiger partial charge on any atom is -0.383 e. The van der Waals surface area contributed by atoms with Gasteiger partial charge in [0, 0.05) is 38.8 Å². The number of ether oxygens (including phenoxy) is 1. The minimum atomic E-state index is -0.0507. The lowest BCUT2D eigenvalue weighted by molar-refractivity contribution is -0.120. The van der Waals surface area contributed by atoms with Crippen molar-refractivity contribution in [3.05, 3.63) is 0 Å². The van der Waals surface area contributed by atoms with Gasteiger partial charge >= 0.3 is 0 Å². The van der Waals surface area contributed by atoms with Gasteiger partial charge < -0.3 is 25.6 Å². The van der Waals surface area contributed by atoms with E-state index in [-0.39, 0.29) is 36.4 Å². The number of aliphatic imine (C=N–C) groups is 1. The monoisotopic (exact) mass is 453 g/mol. The highest BCUT2D eigenvalue weighted by atomic mass is 127. The van der Waals surface area contributed by atoms with Gasteiger partial charge in [0.1, 0.15) is 0 Å². The van der Waals surface area contributed by atoms with Crippen LogP contribution in [0.2, 0.25) is 0 Å². The largest absolute Gasteiger partial charge is 0.383 e. The van der Waals surface area contributed by atoms with Crippen LogP contribution >= 0.6 is 24.0 Å². The topological polar surface area (TPSA) is 78.0 Å². The number of nitrogens with one attached hydrogen (secondary N) is 3. The first-order chi connectivity index (χ1) is 11.1. The number of halogens is 1. The van der Waals surface area contributed by atoms with E-state index in [0.29, 0.717) is 37.2 Å². The Morgan fingerprint density at radius 3 is 2.50 bits per heavy atom. The van der Waals surface area contributed by atoms with E-state index in [1.165, 1.54) is 19.3 Å². The average Bonchev–Trinajstić information content (AvgIpc) is 2.52. The molecule has 0 spiro atoms. The summed E-state index contributed by atoms with van der Waals surface area (Å²) in [4.78, 5) is 18.5. The molecule has 0 aromatic rings. The number of hydrogen-bond donors (Lipinski definition) is 3. The summed E-state index contributed by atoms with van der Waals surface area (Å²) in [5.74, 6) is 0.657. The summed E-state index contributed by atoms with van der Waals surface area (Å²) in [7, 11) is 5.61. The highest BCUT2D eigenvalue weighted by molar-refractivity contribution is 14.0. The molecule has 2 aliphatic heterocycles. The second-order valence-electron chi connectivity index (χ2n) is 6.49. The lowest BCUT2D eigenvalue weighted by atomic mass is 9.82. The van der Waals surface area contributed by atoms with Crippen LogP contribution in [0.4, 0.5) is 0 Å². The Balaban J connectivity index is 0.00000288. The molecule has 2 atom stereocenters. The molecule has 2 aliphatic rings. The standard InChI is InChI=1S/C16H31N5O2.HI/c1-17-16(19-11-15(22)18-7-8-23-3)20-12-9-13-5-4-6-14(10-12)21(13)2;/h12-14H,4-11H2,1-3H3,(H,18,22)(H2,17,19,20);1H. The second-order valence-corrected chi connectivity index (χ2v) is 6.49. The van der Waals surface area contributed by atoms with Crippen LogP contribution in [-0.2, 0) is 9.53 Å². The Hall–Kier alpha value is -0.610. The van der Waals surface area contributed by atoms with Gasteiger partial charge in [-0.25, -0.2) is 0 Å². The van der Waals surface area contributed by atoms with Gasteiger partial charge in [-0.3, -0.25) is 9.79 Å². The number of fused-ring (bicyclic) bond motifs is 2. The maximum absolute atomic E-state index is 11.7. The van der Waals surface area contributed by atoms with E-state index in [0.717, 1.165) is 12.8 Å². The third-order valence-electron chi connectivity index (χ3n) is 4.95. The number of amides is 1. The molecule has 0 aromatic heterocycles. The number of piperidine rings is 2.